The van der Waals surface area contributed by atoms with E-state index in [1.807, 2.05) is 29.2 Å². The van der Waals surface area contributed by atoms with E-state index in [0.29, 0.717) is 18.7 Å². The molecule has 6 nitrogen and oxygen atoms in total. The summed E-state index contributed by atoms with van der Waals surface area (Å²) in [5.74, 6) is 0.913. The van der Waals surface area contributed by atoms with Crippen molar-refractivity contribution in [1.29, 1.82) is 0 Å². The van der Waals surface area contributed by atoms with Gasteiger partial charge >= 0.3 is 0 Å². The molecule has 0 spiro atoms. The summed E-state index contributed by atoms with van der Waals surface area (Å²) in [6, 6.07) is 14.9. The van der Waals surface area contributed by atoms with Crippen LogP contribution in [0.2, 0.25) is 0 Å². The van der Waals surface area contributed by atoms with Gasteiger partial charge in [0.1, 0.15) is 5.75 Å². The molecule has 0 aromatic heterocycles. The monoisotopic (exact) mass is 408 g/mol. The van der Waals surface area contributed by atoms with Crippen molar-refractivity contribution < 1.29 is 19.1 Å². The third kappa shape index (κ3) is 5.00. The molecule has 2 aromatic rings. The lowest BCUT2D eigenvalue weighted by Crippen LogP contribution is -2.37. The Labute approximate surface area is 177 Å². The van der Waals surface area contributed by atoms with Crippen molar-refractivity contribution in [2.24, 2.45) is 5.92 Å². The number of hydrogen-bond donors (Lipinski definition) is 1. The van der Waals surface area contributed by atoms with E-state index in [0.717, 1.165) is 49.3 Å². The number of benzene rings is 2. The summed E-state index contributed by atoms with van der Waals surface area (Å²) in [7, 11) is 1.64. The fraction of sp³-hybridized carbons (Fsp3) is 0.417. The fourth-order valence-corrected chi connectivity index (χ4v) is 3.76. The van der Waals surface area contributed by atoms with Crippen molar-refractivity contribution in [3.8, 4) is 5.75 Å². The van der Waals surface area contributed by atoms with Crippen molar-refractivity contribution in [3.05, 3.63) is 59.7 Å². The summed E-state index contributed by atoms with van der Waals surface area (Å²) in [5.41, 5.74) is 2.27. The van der Waals surface area contributed by atoms with Gasteiger partial charge in [0, 0.05) is 42.4 Å². The Bertz CT molecular complexity index is 886. The maximum absolute atomic E-state index is 13.3. The van der Waals surface area contributed by atoms with Gasteiger partial charge in [0.25, 0.3) is 5.91 Å². The molecular weight excluding hydrogens is 380 g/mol. The molecule has 4 rings (SSSR count). The fourth-order valence-electron chi connectivity index (χ4n) is 3.76. The molecule has 0 radical (unpaired) electrons. The molecular formula is C24H28N2O4. The average Bonchev–Trinajstić information content (AvgIpc) is 3.51. The van der Waals surface area contributed by atoms with E-state index in [-0.39, 0.29) is 23.8 Å². The van der Waals surface area contributed by atoms with Crippen LogP contribution in [0.25, 0.3) is 0 Å². The second-order valence-corrected chi connectivity index (χ2v) is 7.97. The first-order valence-electron chi connectivity index (χ1n) is 10.6. The zero-order valence-electron chi connectivity index (χ0n) is 17.3. The lowest BCUT2D eigenvalue weighted by molar-refractivity contribution is -0.117. The van der Waals surface area contributed by atoms with Gasteiger partial charge in [0.2, 0.25) is 5.91 Å². The van der Waals surface area contributed by atoms with Crippen LogP contribution >= 0.6 is 0 Å². The van der Waals surface area contributed by atoms with Gasteiger partial charge in [0.15, 0.2) is 0 Å². The Morgan fingerprint density at radius 1 is 1.10 bits per heavy atom. The zero-order chi connectivity index (χ0) is 20.9. The number of carbonyl (C=O) groups excluding carboxylic acids is 2. The predicted molar refractivity (Wildman–Crippen MR) is 115 cm³/mol. The lowest BCUT2D eigenvalue weighted by atomic mass is 10.1. The van der Waals surface area contributed by atoms with Crippen LogP contribution in [0.5, 0.6) is 5.75 Å². The maximum Gasteiger partial charge on any atom is 0.254 e. The highest BCUT2D eigenvalue weighted by Gasteiger charge is 2.29. The molecule has 1 aliphatic carbocycles. The highest BCUT2D eigenvalue weighted by atomic mass is 16.5. The van der Waals surface area contributed by atoms with E-state index in [1.54, 1.807) is 31.4 Å². The third-order valence-corrected chi connectivity index (χ3v) is 5.64. The maximum atomic E-state index is 13.3. The highest BCUT2D eigenvalue weighted by Crippen LogP contribution is 2.30. The number of methoxy groups -OCH3 is 1. The van der Waals surface area contributed by atoms with E-state index in [1.165, 1.54) is 0 Å². The van der Waals surface area contributed by atoms with Crippen LogP contribution in [0, 0.1) is 5.92 Å². The van der Waals surface area contributed by atoms with Crippen molar-refractivity contribution >= 4 is 17.5 Å². The number of amides is 2. The molecule has 2 fully saturated rings. The van der Waals surface area contributed by atoms with Crippen LogP contribution < -0.4 is 10.1 Å². The molecule has 1 atom stereocenters. The average molecular weight is 408 g/mol. The van der Waals surface area contributed by atoms with Crippen molar-refractivity contribution in [3.63, 3.8) is 0 Å². The summed E-state index contributed by atoms with van der Waals surface area (Å²) >= 11 is 0. The standard InChI is InChI=1S/C24H28N2O4/c1-29-22-7-3-2-5-19(22)15-26(16-21-6-4-14-30-21)24(28)18-10-12-20(13-11-18)25-23(27)17-8-9-17/h2-3,5,7,10-13,17,21H,4,6,8-9,14-16H2,1H3,(H,25,27). The van der Waals surface area contributed by atoms with E-state index >= 15 is 0 Å². The van der Waals surface area contributed by atoms with Crippen molar-refractivity contribution in [2.45, 2.75) is 38.3 Å². The summed E-state index contributed by atoms with van der Waals surface area (Å²) < 4.78 is 11.3. The quantitative estimate of drug-likeness (QED) is 0.720. The molecule has 1 saturated carbocycles. The summed E-state index contributed by atoms with van der Waals surface area (Å²) in [6.07, 6.45) is 3.96. The van der Waals surface area contributed by atoms with E-state index < -0.39 is 0 Å². The van der Waals surface area contributed by atoms with Gasteiger partial charge in [0.05, 0.1) is 13.2 Å². The molecule has 30 heavy (non-hydrogen) atoms. The topological polar surface area (TPSA) is 67.9 Å². The molecule has 158 valence electrons. The summed E-state index contributed by atoms with van der Waals surface area (Å²) in [5, 5.41) is 2.91. The van der Waals surface area contributed by atoms with E-state index in [9.17, 15) is 9.59 Å². The Morgan fingerprint density at radius 3 is 2.53 bits per heavy atom. The minimum Gasteiger partial charge on any atom is -0.496 e. The number of anilines is 1. The Morgan fingerprint density at radius 2 is 1.87 bits per heavy atom. The lowest BCUT2D eigenvalue weighted by Gasteiger charge is -2.26. The highest BCUT2D eigenvalue weighted by molar-refractivity contribution is 5.96. The zero-order valence-corrected chi connectivity index (χ0v) is 17.3. The SMILES string of the molecule is COc1ccccc1CN(CC1CCCO1)C(=O)c1ccc(NC(=O)C2CC2)cc1. The molecule has 1 aliphatic heterocycles. The summed E-state index contributed by atoms with van der Waals surface area (Å²) in [6.45, 7) is 1.73. The first-order valence-corrected chi connectivity index (χ1v) is 10.6. The van der Waals surface area contributed by atoms with Gasteiger partial charge < -0.3 is 19.7 Å². The van der Waals surface area contributed by atoms with Crippen LogP contribution in [-0.2, 0) is 16.1 Å². The Kier molecular flexibility index (Phi) is 6.33. The molecule has 1 saturated heterocycles. The number of carbonyl (C=O) groups is 2. The van der Waals surface area contributed by atoms with Crippen molar-refractivity contribution in [1.82, 2.24) is 4.90 Å². The second-order valence-electron chi connectivity index (χ2n) is 7.97. The number of ether oxygens (including phenoxy) is 2. The minimum atomic E-state index is -0.0588. The Hall–Kier alpha value is -2.86. The normalized spacial score (nSPS) is 18.1. The van der Waals surface area contributed by atoms with E-state index in [4.69, 9.17) is 9.47 Å². The molecule has 6 heteroatoms. The third-order valence-electron chi connectivity index (χ3n) is 5.64. The van der Waals surface area contributed by atoms with Crippen LogP contribution in [0.3, 0.4) is 0 Å². The summed E-state index contributed by atoms with van der Waals surface area (Å²) in [4.78, 5) is 27.1. The van der Waals surface area contributed by atoms with Gasteiger partial charge in [-0.3, -0.25) is 9.59 Å². The number of nitrogens with zero attached hydrogens (tertiary/aromatic N) is 1. The van der Waals surface area contributed by atoms with E-state index in [2.05, 4.69) is 5.32 Å². The molecule has 1 unspecified atom stereocenters. The number of hydrogen-bond acceptors (Lipinski definition) is 4. The number of rotatable bonds is 8. The molecule has 2 aromatic carbocycles. The van der Waals surface area contributed by atoms with Crippen molar-refractivity contribution in [2.75, 3.05) is 25.6 Å². The largest absolute Gasteiger partial charge is 0.496 e. The minimum absolute atomic E-state index is 0.0563. The van der Waals surface area contributed by atoms with Crippen LogP contribution in [-0.4, -0.2) is 43.1 Å². The Balaban J connectivity index is 1.49. The number of para-hydroxylation sites is 1. The predicted octanol–water partition coefficient (Wildman–Crippen LogP) is 3.87. The van der Waals surface area contributed by atoms with Gasteiger partial charge in [-0.25, -0.2) is 0 Å². The molecule has 2 aliphatic rings. The first-order chi connectivity index (χ1) is 14.6. The van der Waals surface area contributed by atoms with Gasteiger partial charge in [-0.05, 0) is 56.0 Å². The molecule has 1 N–H and O–H groups in total. The molecule has 0 bridgehead atoms. The number of nitrogens with one attached hydrogen (secondary N) is 1. The van der Waals surface area contributed by atoms with Gasteiger partial charge in [-0.15, -0.1) is 0 Å². The first kappa shape index (κ1) is 20.4. The van der Waals surface area contributed by atoms with Gasteiger partial charge in [-0.2, -0.15) is 0 Å². The molecule has 2 amide bonds. The second kappa shape index (κ2) is 9.30. The van der Waals surface area contributed by atoms with Crippen LogP contribution in [0.4, 0.5) is 5.69 Å². The van der Waals surface area contributed by atoms with Crippen LogP contribution in [0.1, 0.15) is 41.6 Å². The smallest absolute Gasteiger partial charge is 0.254 e. The van der Waals surface area contributed by atoms with Crippen LogP contribution in [0.15, 0.2) is 48.5 Å². The van der Waals surface area contributed by atoms with Gasteiger partial charge in [-0.1, -0.05) is 18.2 Å². The molecule has 1 heterocycles.